The van der Waals surface area contributed by atoms with Crippen LogP contribution in [0.15, 0.2) is 55.0 Å². The Labute approximate surface area is 189 Å². The highest BCUT2D eigenvalue weighted by molar-refractivity contribution is 7.18. The van der Waals surface area contributed by atoms with Crippen LogP contribution in [-0.2, 0) is 6.54 Å². The number of fused-ring (bicyclic) bond motifs is 1. The van der Waals surface area contributed by atoms with Crippen molar-refractivity contribution in [1.29, 1.82) is 0 Å². The number of benzene rings is 1. The standard InChI is InChI=1S/C23H24N8S/c1-15-20(31-13-16(8-9-18(31)27-15)12-30(2)11-10-24)23-28-19(17-6-4-3-5-7-17)21(32-23)22-25-14-26-29-22/h3-9,13-14H,10-12,24H2,1-2H3,(H,25,26,29). The molecule has 3 N–H and O–H groups in total. The van der Waals surface area contributed by atoms with E-state index in [2.05, 4.69) is 62.0 Å². The van der Waals surface area contributed by atoms with Crippen molar-refractivity contribution in [1.82, 2.24) is 34.4 Å². The third-order valence-electron chi connectivity index (χ3n) is 5.32. The summed E-state index contributed by atoms with van der Waals surface area (Å²) in [6.07, 6.45) is 3.67. The second kappa shape index (κ2) is 8.62. The highest BCUT2D eigenvalue weighted by Crippen LogP contribution is 2.40. The fourth-order valence-electron chi connectivity index (χ4n) is 3.86. The zero-order valence-corrected chi connectivity index (χ0v) is 18.8. The fourth-order valence-corrected chi connectivity index (χ4v) is 4.99. The van der Waals surface area contributed by atoms with E-state index in [1.807, 2.05) is 25.1 Å². The van der Waals surface area contributed by atoms with Gasteiger partial charge in [-0.1, -0.05) is 36.4 Å². The molecule has 32 heavy (non-hydrogen) atoms. The summed E-state index contributed by atoms with van der Waals surface area (Å²) in [4.78, 5) is 17.4. The maximum Gasteiger partial charge on any atom is 0.167 e. The number of imidazole rings is 1. The van der Waals surface area contributed by atoms with Crippen LogP contribution >= 0.6 is 11.3 Å². The van der Waals surface area contributed by atoms with E-state index in [4.69, 9.17) is 15.7 Å². The van der Waals surface area contributed by atoms with Crippen molar-refractivity contribution in [2.45, 2.75) is 13.5 Å². The first kappa shape index (κ1) is 20.5. The number of nitrogens with two attached hydrogens (primary N) is 1. The van der Waals surface area contributed by atoms with Gasteiger partial charge in [0.25, 0.3) is 0 Å². The van der Waals surface area contributed by atoms with Crippen molar-refractivity contribution < 1.29 is 0 Å². The molecule has 162 valence electrons. The van der Waals surface area contributed by atoms with Gasteiger partial charge in [-0.3, -0.25) is 9.50 Å². The summed E-state index contributed by atoms with van der Waals surface area (Å²) < 4.78 is 2.14. The van der Waals surface area contributed by atoms with E-state index in [9.17, 15) is 0 Å². The lowest BCUT2D eigenvalue weighted by atomic mass is 10.1. The van der Waals surface area contributed by atoms with Crippen LogP contribution < -0.4 is 5.73 Å². The van der Waals surface area contributed by atoms with Crippen LogP contribution in [0, 0.1) is 6.92 Å². The van der Waals surface area contributed by atoms with Crippen LogP contribution in [0.1, 0.15) is 11.3 Å². The van der Waals surface area contributed by atoms with Crippen molar-refractivity contribution in [2.75, 3.05) is 20.1 Å². The van der Waals surface area contributed by atoms with Gasteiger partial charge in [0, 0.05) is 31.4 Å². The lowest BCUT2D eigenvalue weighted by molar-refractivity contribution is 0.336. The molecule has 0 atom stereocenters. The third kappa shape index (κ3) is 3.81. The molecule has 0 spiro atoms. The van der Waals surface area contributed by atoms with Crippen LogP contribution in [0.3, 0.4) is 0 Å². The first-order chi connectivity index (χ1) is 15.6. The van der Waals surface area contributed by atoms with Gasteiger partial charge in [-0.25, -0.2) is 15.0 Å². The molecule has 9 heteroatoms. The second-order valence-corrected chi connectivity index (χ2v) is 8.73. The number of rotatable bonds is 7. The van der Waals surface area contributed by atoms with Gasteiger partial charge in [0.15, 0.2) is 5.82 Å². The maximum absolute atomic E-state index is 5.71. The molecule has 4 heterocycles. The predicted molar refractivity (Wildman–Crippen MR) is 127 cm³/mol. The normalized spacial score (nSPS) is 11.6. The lowest BCUT2D eigenvalue weighted by Crippen LogP contribution is -2.25. The van der Waals surface area contributed by atoms with E-state index in [1.54, 1.807) is 11.3 Å². The molecule has 5 rings (SSSR count). The molecule has 4 aromatic heterocycles. The molecule has 0 aliphatic heterocycles. The van der Waals surface area contributed by atoms with Gasteiger partial charge in [0.2, 0.25) is 0 Å². The largest absolute Gasteiger partial charge is 0.329 e. The van der Waals surface area contributed by atoms with Gasteiger partial charge >= 0.3 is 0 Å². The van der Waals surface area contributed by atoms with E-state index >= 15 is 0 Å². The summed E-state index contributed by atoms with van der Waals surface area (Å²) in [6, 6.07) is 14.3. The number of aromatic amines is 1. The summed E-state index contributed by atoms with van der Waals surface area (Å²) in [5.74, 6) is 0.711. The van der Waals surface area contributed by atoms with Crippen LogP contribution in [-0.4, -0.2) is 54.6 Å². The van der Waals surface area contributed by atoms with Crippen LogP contribution in [0.5, 0.6) is 0 Å². The summed E-state index contributed by atoms with van der Waals surface area (Å²) in [6.45, 7) is 4.34. The number of nitrogens with zero attached hydrogens (tertiary/aromatic N) is 6. The minimum atomic E-state index is 0.639. The Bertz CT molecular complexity index is 1340. The molecule has 0 aliphatic rings. The van der Waals surface area contributed by atoms with E-state index in [1.165, 1.54) is 11.9 Å². The first-order valence-corrected chi connectivity index (χ1v) is 11.2. The van der Waals surface area contributed by atoms with Gasteiger partial charge < -0.3 is 10.6 Å². The second-order valence-electron chi connectivity index (χ2n) is 7.73. The number of likely N-dealkylation sites (N-methyl/N-ethyl adjacent to an activating group) is 1. The van der Waals surface area contributed by atoms with Crippen LogP contribution in [0.25, 0.3) is 38.3 Å². The Morgan fingerprint density at radius 2 is 1.97 bits per heavy atom. The molecule has 8 nitrogen and oxygen atoms in total. The highest BCUT2D eigenvalue weighted by atomic mass is 32.1. The number of pyridine rings is 1. The number of thiazole rings is 1. The monoisotopic (exact) mass is 444 g/mol. The SMILES string of the molecule is Cc1nc2ccc(CN(C)CCN)cn2c1-c1nc(-c2ccccc2)c(-c2ncn[nH]2)s1. The highest BCUT2D eigenvalue weighted by Gasteiger charge is 2.21. The predicted octanol–water partition coefficient (Wildman–Crippen LogP) is 3.61. The number of hydrogen-bond acceptors (Lipinski definition) is 7. The molecule has 0 saturated heterocycles. The smallest absolute Gasteiger partial charge is 0.167 e. The summed E-state index contributed by atoms with van der Waals surface area (Å²) in [5, 5.41) is 7.92. The zero-order chi connectivity index (χ0) is 22.1. The molecule has 0 amide bonds. The molecule has 5 aromatic rings. The topological polar surface area (TPSA) is 101 Å². The molecule has 1 aromatic carbocycles. The summed E-state index contributed by atoms with van der Waals surface area (Å²) >= 11 is 1.59. The Hall–Kier alpha value is -3.40. The number of aryl methyl sites for hydroxylation is 1. The van der Waals surface area contributed by atoms with Crippen molar-refractivity contribution in [3.63, 3.8) is 0 Å². The third-order valence-corrected chi connectivity index (χ3v) is 6.39. The maximum atomic E-state index is 5.71. The average molecular weight is 445 g/mol. The van der Waals surface area contributed by atoms with Gasteiger partial charge in [-0.2, -0.15) is 5.10 Å². The van der Waals surface area contributed by atoms with Crippen molar-refractivity contribution >= 4 is 17.0 Å². The van der Waals surface area contributed by atoms with Gasteiger partial charge in [-0.15, -0.1) is 11.3 Å². The van der Waals surface area contributed by atoms with Crippen molar-refractivity contribution in [3.8, 4) is 32.7 Å². The first-order valence-electron chi connectivity index (χ1n) is 10.4. The van der Waals surface area contributed by atoms with E-state index in [0.29, 0.717) is 12.4 Å². The molecule has 0 unspecified atom stereocenters. The lowest BCUT2D eigenvalue weighted by Gasteiger charge is -2.15. The molecule has 0 radical (unpaired) electrons. The average Bonchev–Trinajstić information content (AvgIpc) is 3.52. The van der Waals surface area contributed by atoms with Crippen LogP contribution in [0.4, 0.5) is 0 Å². The van der Waals surface area contributed by atoms with Gasteiger partial charge in [-0.05, 0) is 25.6 Å². The Morgan fingerprint density at radius 3 is 2.72 bits per heavy atom. The minimum Gasteiger partial charge on any atom is -0.329 e. The molecule has 0 aliphatic carbocycles. The van der Waals surface area contributed by atoms with Crippen LogP contribution in [0.2, 0.25) is 0 Å². The van der Waals surface area contributed by atoms with Crippen molar-refractivity contribution in [2.24, 2.45) is 5.73 Å². The fraction of sp³-hybridized carbons (Fsp3) is 0.217. The zero-order valence-electron chi connectivity index (χ0n) is 18.0. The molecule has 0 bridgehead atoms. The van der Waals surface area contributed by atoms with E-state index in [0.717, 1.165) is 51.3 Å². The number of aromatic nitrogens is 6. The molecule has 0 saturated carbocycles. The van der Waals surface area contributed by atoms with Gasteiger partial charge in [0.05, 0.1) is 16.3 Å². The van der Waals surface area contributed by atoms with E-state index in [-0.39, 0.29) is 0 Å². The molecule has 0 fully saturated rings. The number of H-pyrrole nitrogens is 1. The Morgan fingerprint density at radius 1 is 1.12 bits per heavy atom. The minimum absolute atomic E-state index is 0.639. The number of nitrogens with one attached hydrogen (secondary N) is 1. The number of hydrogen-bond donors (Lipinski definition) is 2. The quantitative estimate of drug-likeness (QED) is 0.398. The van der Waals surface area contributed by atoms with E-state index < -0.39 is 0 Å². The summed E-state index contributed by atoms with van der Waals surface area (Å²) in [5.41, 5.74) is 11.7. The Kier molecular flexibility index (Phi) is 5.52. The molecular weight excluding hydrogens is 420 g/mol. The Balaban J connectivity index is 1.64. The molecular formula is C23H24N8S. The van der Waals surface area contributed by atoms with Gasteiger partial charge in [0.1, 0.15) is 22.7 Å². The summed E-state index contributed by atoms with van der Waals surface area (Å²) in [7, 11) is 2.08. The van der Waals surface area contributed by atoms with Crippen molar-refractivity contribution in [3.05, 3.63) is 66.2 Å².